The Morgan fingerprint density at radius 3 is 2.58 bits per heavy atom. The van der Waals surface area contributed by atoms with Gasteiger partial charge in [-0.15, -0.1) is 0 Å². The summed E-state index contributed by atoms with van der Waals surface area (Å²) < 4.78 is 36.3. The van der Waals surface area contributed by atoms with E-state index in [1.807, 2.05) is 24.3 Å². The summed E-state index contributed by atoms with van der Waals surface area (Å²) in [7, 11) is -0.873. The molecule has 0 atom stereocenters. The first-order valence-corrected chi connectivity index (χ1v) is 9.47. The van der Waals surface area contributed by atoms with Gasteiger partial charge in [0.25, 0.3) is 0 Å². The highest BCUT2D eigenvalue weighted by molar-refractivity contribution is 7.89. The number of esters is 1. The molecular formula is C18H16ClNO5S. The second-order valence-corrected chi connectivity index (χ2v) is 8.31. The smallest absolute Gasteiger partial charge is 0.340 e. The maximum atomic E-state index is 12.3. The maximum Gasteiger partial charge on any atom is 0.340 e. The number of rotatable bonds is 5. The second kappa shape index (κ2) is 7.11. The zero-order chi connectivity index (χ0) is 18.9. The van der Waals surface area contributed by atoms with Gasteiger partial charge in [-0.05, 0) is 30.3 Å². The second-order valence-electron chi connectivity index (χ2n) is 5.76. The largest absolute Gasteiger partial charge is 0.457 e. The predicted molar refractivity (Wildman–Crippen MR) is 97.7 cm³/mol. The van der Waals surface area contributed by atoms with Crippen molar-refractivity contribution in [2.75, 3.05) is 14.1 Å². The van der Waals surface area contributed by atoms with Crippen molar-refractivity contribution in [3.05, 3.63) is 64.9 Å². The van der Waals surface area contributed by atoms with Crippen LogP contribution in [-0.2, 0) is 21.4 Å². The van der Waals surface area contributed by atoms with Gasteiger partial charge >= 0.3 is 5.97 Å². The molecule has 2 aromatic carbocycles. The van der Waals surface area contributed by atoms with Crippen molar-refractivity contribution in [1.29, 1.82) is 0 Å². The number of sulfonamides is 1. The molecule has 0 spiro atoms. The molecule has 3 rings (SSSR count). The minimum Gasteiger partial charge on any atom is -0.457 e. The first kappa shape index (κ1) is 18.4. The van der Waals surface area contributed by atoms with Gasteiger partial charge in [0.05, 0.1) is 15.5 Å². The van der Waals surface area contributed by atoms with Gasteiger partial charge in [0.2, 0.25) is 10.0 Å². The van der Waals surface area contributed by atoms with Crippen LogP contribution in [-0.4, -0.2) is 32.8 Å². The number of hydrogen-bond acceptors (Lipinski definition) is 5. The summed E-state index contributed by atoms with van der Waals surface area (Å²) >= 11 is 6.03. The van der Waals surface area contributed by atoms with Crippen molar-refractivity contribution < 1.29 is 22.4 Å². The monoisotopic (exact) mass is 393 g/mol. The number of para-hydroxylation sites is 1. The van der Waals surface area contributed by atoms with Crippen LogP contribution in [0.5, 0.6) is 0 Å². The zero-order valence-electron chi connectivity index (χ0n) is 14.1. The van der Waals surface area contributed by atoms with Crippen LogP contribution in [0.1, 0.15) is 16.1 Å². The molecule has 1 aromatic heterocycles. The zero-order valence-corrected chi connectivity index (χ0v) is 15.7. The van der Waals surface area contributed by atoms with Crippen LogP contribution >= 0.6 is 11.6 Å². The van der Waals surface area contributed by atoms with Crippen LogP contribution in [0.4, 0.5) is 0 Å². The van der Waals surface area contributed by atoms with Gasteiger partial charge in [0.15, 0.2) is 0 Å². The van der Waals surface area contributed by atoms with E-state index in [4.69, 9.17) is 20.8 Å². The number of carbonyl (C=O) groups is 1. The molecule has 0 radical (unpaired) electrons. The van der Waals surface area contributed by atoms with Gasteiger partial charge in [0, 0.05) is 19.5 Å². The lowest BCUT2D eigenvalue weighted by Gasteiger charge is -2.12. The Morgan fingerprint density at radius 2 is 1.88 bits per heavy atom. The van der Waals surface area contributed by atoms with Gasteiger partial charge in [-0.1, -0.05) is 29.8 Å². The van der Waals surface area contributed by atoms with Crippen LogP contribution in [0.15, 0.2) is 57.8 Å². The number of benzene rings is 2. The van der Waals surface area contributed by atoms with Crippen LogP contribution < -0.4 is 0 Å². The Labute approximate surface area is 156 Å². The molecule has 0 amide bonds. The van der Waals surface area contributed by atoms with E-state index in [-0.39, 0.29) is 22.1 Å². The van der Waals surface area contributed by atoms with Gasteiger partial charge < -0.3 is 9.15 Å². The van der Waals surface area contributed by atoms with Crippen LogP contribution in [0.2, 0.25) is 5.02 Å². The Hall–Kier alpha value is -2.35. The molecule has 26 heavy (non-hydrogen) atoms. The summed E-state index contributed by atoms with van der Waals surface area (Å²) in [6, 6.07) is 13.1. The van der Waals surface area contributed by atoms with E-state index >= 15 is 0 Å². The van der Waals surface area contributed by atoms with E-state index in [0.717, 1.165) is 9.69 Å². The minimum absolute atomic E-state index is 0.0225. The molecule has 0 N–H and O–H groups in total. The van der Waals surface area contributed by atoms with Crippen LogP contribution in [0.25, 0.3) is 11.0 Å². The third-order valence-electron chi connectivity index (χ3n) is 3.76. The molecule has 3 aromatic rings. The van der Waals surface area contributed by atoms with Gasteiger partial charge in [0.1, 0.15) is 18.0 Å². The third-order valence-corrected chi connectivity index (χ3v) is 5.90. The molecule has 0 saturated heterocycles. The Balaban J connectivity index is 1.81. The van der Waals surface area contributed by atoms with Crippen molar-refractivity contribution in [1.82, 2.24) is 4.31 Å². The summed E-state index contributed by atoms with van der Waals surface area (Å²) in [5.41, 5.74) is 0.668. The fraction of sp³-hybridized carbons (Fsp3) is 0.167. The fourth-order valence-electron chi connectivity index (χ4n) is 2.35. The molecule has 8 heteroatoms. The molecule has 0 bridgehead atoms. The Kier molecular flexibility index (Phi) is 5.04. The number of nitrogens with zero attached hydrogens (tertiary/aromatic N) is 1. The SMILES string of the molecule is CN(C)S(=O)(=O)c1ccc(Cl)c(C(=O)OCc2cc3ccccc3o2)c1. The topological polar surface area (TPSA) is 76.8 Å². The molecule has 6 nitrogen and oxygen atoms in total. The van der Waals surface area contributed by atoms with E-state index in [9.17, 15) is 13.2 Å². The van der Waals surface area contributed by atoms with Crippen LogP contribution in [0, 0.1) is 0 Å². The van der Waals surface area contributed by atoms with E-state index < -0.39 is 16.0 Å². The fourth-order valence-corrected chi connectivity index (χ4v) is 3.48. The highest BCUT2D eigenvalue weighted by Crippen LogP contribution is 2.24. The number of fused-ring (bicyclic) bond motifs is 1. The molecular weight excluding hydrogens is 378 g/mol. The number of hydrogen-bond donors (Lipinski definition) is 0. The first-order valence-electron chi connectivity index (χ1n) is 7.65. The summed E-state index contributed by atoms with van der Waals surface area (Å²) in [4.78, 5) is 12.3. The van der Waals surface area contributed by atoms with Gasteiger partial charge in [-0.3, -0.25) is 0 Å². The molecule has 0 saturated carbocycles. The maximum absolute atomic E-state index is 12.3. The normalized spacial score (nSPS) is 11.8. The Morgan fingerprint density at radius 1 is 1.15 bits per heavy atom. The summed E-state index contributed by atoms with van der Waals surface area (Å²) in [6.07, 6.45) is 0. The van der Waals surface area contributed by atoms with Gasteiger partial charge in [-0.25, -0.2) is 17.5 Å². The highest BCUT2D eigenvalue weighted by Gasteiger charge is 2.21. The number of furan rings is 1. The Bertz CT molecular complexity index is 1040. The van der Waals surface area contributed by atoms with Crippen molar-refractivity contribution in [3.63, 3.8) is 0 Å². The summed E-state index contributed by atoms with van der Waals surface area (Å²) in [5, 5.41) is 1.01. The average Bonchev–Trinajstić information content (AvgIpc) is 3.02. The van der Waals surface area contributed by atoms with E-state index in [2.05, 4.69) is 0 Å². The van der Waals surface area contributed by atoms with E-state index in [0.29, 0.717) is 11.3 Å². The van der Waals surface area contributed by atoms with Gasteiger partial charge in [-0.2, -0.15) is 0 Å². The predicted octanol–water partition coefficient (Wildman–Crippen LogP) is 3.69. The third kappa shape index (κ3) is 3.60. The average molecular weight is 394 g/mol. The molecule has 0 aliphatic rings. The van der Waals surface area contributed by atoms with Crippen molar-refractivity contribution >= 4 is 38.6 Å². The van der Waals surface area contributed by atoms with Crippen molar-refractivity contribution in [2.24, 2.45) is 0 Å². The lowest BCUT2D eigenvalue weighted by Crippen LogP contribution is -2.22. The first-order chi connectivity index (χ1) is 12.3. The minimum atomic E-state index is -3.69. The molecule has 0 aliphatic carbocycles. The van der Waals surface area contributed by atoms with Crippen LogP contribution in [0.3, 0.4) is 0 Å². The van der Waals surface area contributed by atoms with Crippen molar-refractivity contribution in [2.45, 2.75) is 11.5 Å². The number of carbonyl (C=O) groups excluding carboxylic acids is 1. The molecule has 0 unspecified atom stereocenters. The molecule has 0 fully saturated rings. The van der Waals surface area contributed by atoms with E-state index in [1.54, 1.807) is 6.07 Å². The summed E-state index contributed by atoms with van der Waals surface area (Å²) in [5.74, 6) is -0.251. The molecule has 136 valence electrons. The summed E-state index contributed by atoms with van der Waals surface area (Å²) in [6.45, 7) is -0.0888. The highest BCUT2D eigenvalue weighted by atomic mass is 35.5. The standard InChI is InChI=1S/C18H16ClNO5S/c1-20(2)26(22,23)14-7-8-16(19)15(10-14)18(21)24-11-13-9-12-5-3-4-6-17(12)25-13/h3-10H,11H2,1-2H3. The van der Waals surface area contributed by atoms with E-state index in [1.165, 1.54) is 32.3 Å². The quantitative estimate of drug-likeness (QED) is 0.618. The number of halogens is 1. The number of ether oxygens (including phenoxy) is 1. The lowest BCUT2D eigenvalue weighted by atomic mass is 10.2. The molecule has 1 heterocycles. The lowest BCUT2D eigenvalue weighted by molar-refractivity contribution is 0.0447. The van der Waals surface area contributed by atoms with Crippen molar-refractivity contribution in [3.8, 4) is 0 Å². The molecule has 0 aliphatic heterocycles.